The van der Waals surface area contributed by atoms with E-state index in [1.807, 2.05) is 121 Å². The van der Waals surface area contributed by atoms with Gasteiger partial charge < -0.3 is 19.8 Å². The lowest BCUT2D eigenvalue weighted by molar-refractivity contribution is -0.138. The molecule has 10 heteroatoms. The molecule has 58 heavy (non-hydrogen) atoms. The maximum atomic E-state index is 14.0. The molecule has 10 nitrogen and oxygen atoms in total. The van der Waals surface area contributed by atoms with E-state index in [4.69, 9.17) is 9.97 Å². The van der Waals surface area contributed by atoms with Crippen molar-refractivity contribution >= 4 is 33.4 Å². The maximum absolute atomic E-state index is 14.0. The van der Waals surface area contributed by atoms with Gasteiger partial charge in [-0.05, 0) is 111 Å². The predicted octanol–water partition coefficient (Wildman–Crippen LogP) is 8.71. The zero-order valence-electron chi connectivity index (χ0n) is 33.6. The maximum Gasteiger partial charge on any atom is 0.245 e. The van der Waals surface area contributed by atoms with E-state index in [2.05, 4.69) is 58.5 Å². The van der Waals surface area contributed by atoms with Crippen molar-refractivity contribution in [1.82, 2.24) is 39.5 Å². The molecular formula is C48H50N8O2. The molecule has 0 unspecified atom stereocenters. The lowest BCUT2D eigenvalue weighted by atomic mass is 9.99. The molecule has 9 rings (SSSR count). The fourth-order valence-corrected chi connectivity index (χ4v) is 9.18. The van der Waals surface area contributed by atoms with Crippen LogP contribution in [0, 0.1) is 0 Å². The second-order valence-corrected chi connectivity index (χ2v) is 16.3. The molecule has 4 atom stereocenters. The summed E-state index contributed by atoms with van der Waals surface area (Å²) in [5.41, 5.74) is 5.98. The fourth-order valence-electron chi connectivity index (χ4n) is 9.18. The van der Waals surface area contributed by atoms with Crippen LogP contribution in [0.25, 0.3) is 44.1 Å². The smallest absolute Gasteiger partial charge is 0.245 e. The number of H-pyrrole nitrogens is 2. The van der Waals surface area contributed by atoms with Gasteiger partial charge in [0, 0.05) is 24.2 Å². The Kier molecular flexibility index (Phi) is 10.1. The van der Waals surface area contributed by atoms with Crippen molar-refractivity contribution in [3.05, 3.63) is 144 Å². The molecule has 0 radical (unpaired) electrons. The van der Waals surface area contributed by atoms with Gasteiger partial charge in [-0.25, -0.2) is 9.97 Å². The van der Waals surface area contributed by atoms with Gasteiger partial charge in [-0.1, -0.05) is 84.9 Å². The van der Waals surface area contributed by atoms with Crippen molar-refractivity contribution < 1.29 is 9.59 Å². The number of hydrogen-bond acceptors (Lipinski definition) is 6. The van der Waals surface area contributed by atoms with E-state index in [0.29, 0.717) is 0 Å². The van der Waals surface area contributed by atoms with Crippen molar-refractivity contribution in [3.8, 4) is 22.5 Å². The molecule has 7 aromatic rings. The van der Waals surface area contributed by atoms with Crippen LogP contribution in [0.1, 0.15) is 72.6 Å². The SMILES string of the molecule is CN(C)[C@@H](C(=O)N1CCC[C@H]1c1ncc(-c2ccc3cc4cc(-c5cnc([C@@H]6CCCN6C(=O)[C@@H](c6ccccc6)N(C)C)[nH]5)ccc4cc3c2)[nH]1)c1ccccc1. The molecule has 2 aliphatic heterocycles. The number of fused-ring (bicyclic) bond motifs is 2. The molecule has 0 bridgehead atoms. The van der Waals surface area contributed by atoms with Gasteiger partial charge in [-0.3, -0.25) is 19.4 Å². The van der Waals surface area contributed by atoms with Gasteiger partial charge in [-0.2, -0.15) is 0 Å². The van der Waals surface area contributed by atoms with Gasteiger partial charge >= 0.3 is 0 Å². The molecule has 2 saturated heterocycles. The summed E-state index contributed by atoms with van der Waals surface area (Å²) in [6, 6.07) is 36.7. The highest BCUT2D eigenvalue weighted by Gasteiger charge is 2.38. The molecule has 5 aromatic carbocycles. The minimum absolute atomic E-state index is 0.0911. The fraction of sp³-hybridized carbons (Fsp3) is 0.292. The van der Waals surface area contributed by atoms with E-state index in [9.17, 15) is 9.59 Å². The Balaban J connectivity index is 0.928. The highest BCUT2D eigenvalue weighted by atomic mass is 16.2. The third-order valence-corrected chi connectivity index (χ3v) is 12.0. The van der Waals surface area contributed by atoms with Gasteiger partial charge in [0.05, 0.1) is 35.9 Å². The summed E-state index contributed by atoms with van der Waals surface area (Å²) in [5, 5.41) is 4.58. The lowest BCUT2D eigenvalue weighted by Crippen LogP contribution is -2.40. The summed E-state index contributed by atoms with van der Waals surface area (Å²) in [6.45, 7) is 1.44. The Hall–Kier alpha value is -6.10. The van der Waals surface area contributed by atoms with Crippen LogP contribution in [-0.4, -0.2) is 92.6 Å². The third kappa shape index (κ3) is 7.07. The highest BCUT2D eigenvalue weighted by molar-refractivity contribution is 6.01. The summed E-state index contributed by atoms with van der Waals surface area (Å²) in [4.78, 5) is 52.8. The van der Waals surface area contributed by atoms with Crippen molar-refractivity contribution in [1.29, 1.82) is 0 Å². The normalized spacial score (nSPS) is 18.2. The molecular weight excluding hydrogens is 721 g/mol. The molecule has 2 N–H and O–H groups in total. The van der Waals surface area contributed by atoms with Crippen LogP contribution in [0.5, 0.6) is 0 Å². The van der Waals surface area contributed by atoms with E-state index < -0.39 is 0 Å². The highest BCUT2D eigenvalue weighted by Crippen LogP contribution is 2.38. The van der Waals surface area contributed by atoms with Gasteiger partial charge in [-0.15, -0.1) is 0 Å². The number of aromatic nitrogens is 4. The van der Waals surface area contributed by atoms with Crippen LogP contribution in [0.4, 0.5) is 0 Å². The monoisotopic (exact) mass is 770 g/mol. The standard InChI is InChI=1S/C48H50N8O2/c1-53(2)43(31-13-7-5-8-14-31)47(57)55-23-11-17-41(55)45-49-29-39(51-45)35-21-19-33-26-38-28-36(22-20-34(38)25-37(33)27-35)40-30-50-46(52-40)42-18-12-24-56(42)48(58)44(54(3)4)32-15-9-6-10-16-32/h5-10,13-16,19-22,25-30,41-44H,11-12,17-18,23-24H2,1-4H3,(H,49,51)(H,50,52)/t41-,42-,43+,44+/m0/s1. The van der Waals surface area contributed by atoms with E-state index in [-0.39, 0.29) is 36.0 Å². The first-order valence-corrected chi connectivity index (χ1v) is 20.4. The zero-order chi connectivity index (χ0) is 39.9. The number of likely N-dealkylation sites (tertiary alicyclic amines) is 2. The minimum Gasteiger partial charge on any atom is -0.340 e. The summed E-state index contributed by atoms with van der Waals surface area (Å²) in [7, 11) is 7.86. The van der Waals surface area contributed by atoms with Crippen LogP contribution in [0.15, 0.2) is 122 Å². The Morgan fingerprint density at radius 2 is 0.983 bits per heavy atom. The van der Waals surface area contributed by atoms with E-state index in [1.54, 1.807) is 0 Å². The summed E-state index contributed by atoms with van der Waals surface area (Å²) in [5.74, 6) is 1.87. The molecule has 0 saturated carbocycles. The number of rotatable bonds is 10. The quantitative estimate of drug-likeness (QED) is 0.135. The van der Waals surface area contributed by atoms with Crippen LogP contribution >= 0.6 is 0 Å². The first kappa shape index (κ1) is 37.5. The third-order valence-electron chi connectivity index (χ3n) is 12.0. The Bertz CT molecular complexity index is 2400. The van der Waals surface area contributed by atoms with Gasteiger partial charge in [0.25, 0.3) is 0 Å². The second-order valence-electron chi connectivity index (χ2n) is 16.3. The molecule has 2 aromatic heterocycles. The summed E-state index contributed by atoms with van der Waals surface area (Å²) >= 11 is 0. The number of aromatic amines is 2. The summed E-state index contributed by atoms with van der Waals surface area (Å²) < 4.78 is 0. The average Bonchev–Trinajstić information content (AvgIpc) is 4.07. The number of likely N-dealkylation sites (N-methyl/N-ethyl adjacent to an activating group) is 2. The van der Waals surface area contributed by atoms with E-state index in [0.717, 1.165) is 106 Å². The number of amides is 2. The predicted molar refractivity (Wildman–Crippen MR) is 230 cm³/mol. The number of benzene rings is 5. The minimum atomic E-state index is -0.346. The Morgan fingerprint density at radius 1 is 0.569 bits per heavy atom. The zero-order valence-corrected chi connectivity index (χ0v) is 33.6. The van der Waals surface area contributed by atoms with E-state index >= 15 is 0 Å². The topological polar surface area (TPSA) is 104 Å². The van der Waals surface area contributed by atoms with E-state index in [1.165, 1.54) is 0 Å². The second kappa shape index (κ2) is 15.7. The van der Waals surface area contributed by atoms with Crippen LogP contribution in [0.2, 0.25) is 0 Å². The number of imidazole rings is 2. The number of carbonyl (C=O) groups excluding carboxylic acids is 2. The number of nitrogens with zero attached hydrogens (tertiary/aromatic N) is 6. The number of hydrogen-bond donors (Lipinski definition) is 2. The van der Waals surface area contributed by atoms with Crippen LogP contribution < -0.4 is 0 Å². The molecule has 2 amide bonds. The summed E-state index contributed by atoms with van der Waals surface area (Å²) in [6.07, 6.45) is 7.44. The molecule has 0 aliphatic carbocycles. The van der Waals surface area contributed by atoms with Crippen LogP contribution in [-0.2, 0) is 9.59 Å². The first-order valence-electron chi connectivity index (χ1n) is 20.4. The molecule has 294 valence electrons. The van der Waals surface area contributed by atoms with Gasteiger partial charge in [0.15, 0.2) is 0 Å². The van der Waals surface area contributed by atoms with Crippen molar-refractivity contribution in [2.45, 2.75) is 49.9 Å². The molecule has 4 heterocycles. The van der Waals surface area contributed by atoms with Gasteiger partial charge in [0.2, 0.25) is 11.8 Å². The van der Waals surface area contributed by atoms with Crippen molar-refractivity contribution in [3.63, 3.8) is 0 Å². The Morgan fingerprint density at radius 3 is 1.38 bits per heavy atom. The largest absolute Gasteiger partial charge is 0.340 e. The number of carbonyl (C=O) groups is 2. The van der Waals surface area contributed by atoms with Gasteiger partial charge in [0.1, 0.15) is 23.7 Å². The lowest BCUT2D eigenvalue weighted by Gasteiger charge is -2.31. The van der Waals surface area contributed by atoms with Crippen molar-refractivity contribution in [2.24, 2.45) is 0 Å². The average molecular weight is 771 g/mol. The van der Waals surface area contributed by atoms with Crippen molar-refractivity contribution in [2.75, 3.05) is 41.3 Å². The Labute approximate surface area is 339 Å². The molecule has 0 spiro atoms. The first-order chi connectivity index (χ1) is 28.2. The molecule has 2 aliphatic rings. The van der Waals surface area contributed by atoms with Crippen LogP contribution in [0.3, 0.4) is 0 Å². The molecule has 2 fully saturated rings. The number of nitrogens with one attached hydrogen (secondary N) is 2.